The summed E-state index contributed by atoms with van der Waals surface area (Å²) < 4.78 is 10.9. The summed E-state index contributed by atoms with van der Waals surface area (Å²) in [5.74, 6) is -0.192. The van der Waals surface area contributed by atoms with E-state index in [1.54, 1.807) is 25.1 Å². The molecule has 150 valence electrons. The lowest BCUT2D eigenvalue weighted by atomic mass is 10.1. The quantitative estimate of drug-likeness (QED) is 0.573. The monoisotopic (exact) mass is 432 g/mol. The van der Waals surface area contributed by atoms with Crippen LogP contribution in [0.1, 0.15) is 6.92 Å². The zero-order valence-electron chi connectivity index (χ0n) is 15.4. The molecule has 0 fully saturated rings. The number of carbonyl (C=O) groups excluding carboxylic acids is 2. The summed E-state index contributed by atoms with van der Waals surface area (Å²) in [5.41, 5.74) is 4.57. The van der Waals surface area contributed by atoms with Gasteiger partial charge in [-0.05, 0) is 48.0 Å². The molecule has 0 aliphatic heterocycles. The third-order valence-corrected chi connectivity index (χ3v) is 4.51. The molecule has 2 amide bonds. The van der Waals surface area contributed by atoms with Crippen molar-refractivity contribution in [2.45, 2.75) is 13.0 Å². The van der Waals surface area contributed by atoms with Crippen molar-refractivity contribution in [1.29, 1.82) is 0 Å². The predicted octanol–water partition coefficient (Wildman–Crippen LogP) is 4.14. The largest absolute Gasteiger partial charge is 0.482 e. The standard InChI is InChI=1S/C21H18Cl2N2O4/c1-13(29-17-8-6-14-4-2-3-5-15(14)10-17)21(27)25-24-20(26)12-28-19-9-7-16(22)11-18(19)23/h2-11,13H,12H2,1H3,(H,24,26)(H,25,27). The number of halogens is 2. The fourth-order valence-electron chi connectivity index (χ4n) is 2.50. The maximum absolute atomic E-state index is 12.2. The van der Waals surface area contributed by atoms with E-state index in [2.05, 4.69) is 10.9 Å². The number of nitrogens with one attached hydrogen (secondary N) is 2. The first-order valence-electron chi connectivity index (χ1n) is 8.74. The Labute approximate surface area is 177 Å². The van der Waals surface area contributed by atoms with Crippen LogP contribution in [0, 0.1) is 0 Å². The van der Waals surface area contributed by atoms with Crippen LogP contribution in [0.4, 0.5) is 0 Å². The Bertz CT molecular complexity index is 1040. The summed E-state index contributed by atoms with van der Waals surface area (Å²) in [6.07, 6.45) is -0.817. The number of amides is 2. The molecule has 0 bridgehead atoms. The van der Waals surface area contributed by atoms with Crippen LogP contribution >= 0.6 is 23.2 Å². The fourth-order valence-corrected chi connectivity index (χ4v) is 2.97. The van der Waals surface area contributed by atoms with Crippen molar-refractivity contribution in [2.24, 2.45) is 0 Å². The summed E-state index contributed by atoms with van der Waals surface area (Å²) in [6.45, 7) is 1.25. The fraction of sp³-hybridized carbons (Fsp3) is 0.143. The summed E-state index contributed by atoms with van der Waals surface area (Å²) in [7, 11) is 0. The topological polar surface area (TPSA) is 76.7 Å². The highest BCUT2D eigenvalue weighted by Gasteiger charge is 2.16. The first-order chi connectivity index (χ1) is 13.9. The molecule has 2 N–H and O–H groups in total. The van der Waals surface area contributed by atoms with E-state index >= 15 is 0 Å². The Kier molecular flexibility index (Phi) is 6.80. The minimum Gasteiger partial charge on any atom is -0.482 e. The normalized spacial score (nSPS) is 11.6. The Morgan fingerprint density at radius 1 is 0.966 bits per heavy atom. The lowest BCUT2D eigenvalue weighted by Gasteiger charge is -2.16. The minimum absolute atomic E-state index is 0.284. The first kappa shape index (κ1) is 20.8. The van der Waals surface area contributed by atoms with Crippen LogP contribution in [0.3, 0.4) is 0 Å². The van der Waals surface area contributed by atoms with Crippen LogP contribution < -0.4 is 20.3 Å². The van der Waals surface area contributed by atoms with Crippen molar-refractivity contribution < 1.29 is 19.1 Å². The number of ether oxygens (including phenoxy) is 2. The van der Waals surface area contributed by atoms with Crippen LogP contribution in [-0.4, -0.2) is 24.5 Å². The van der Waals surface area contributed by atoms with Gasteiger partial charge < -0.3 is 9.47 Å². The van der Waals surface area contributed by atoms with E-state index in [4.69, 9.17) is 32.7 Å². The second kappa shape index (κ2) is 9.49. The van der Waals surface area contributed by atoms with E-state index in [1.807, 2.05) is 36.4 Å². The Balaban J connectivity index is 1.46. The van der Waals surface area contributed by atoms with Gasteiger partial charge in [-0.3, -0.25) is 20.4 Å². The van der Waals surface area contributed by atoms with Gasteiger partial charge in [0.1, 0.15) is 11.5 Å². The van der Waals surface area contributed by atoms with E-state index in [0.717, 1.165) is 10.8 Å². The molecule has 0 aromatic heterocycles. The zero-order chi connectivity index (χ0) is 20.8. The predicted molar refractivity (Wildman–Crippen MR) is 112 cm³/mol. The number of hydrogen-bond acceptors (Lipinski definition) is 4. The second-order valence-corrected chi connectivity index (χ2v) is 7.01. The van der Waals surface area contributed by atoms with Crippen molar-refractivity contribution in [2.75, 3.05) is 6.61 Å². The van der Waals surface area contributed by atoms with Gasteiger partial charge in [-0.1, -0.05) is 53.5 Å². The van der Waals surface area contributed by atoms with Crippen LogP contribution in [-0.2, 0) is 9.59 Å². The highest BCUT2D eigenvalue weighted by atomic mass is 35.5. The Morgan fingerprint density at radius 2 is 1.72 bits per heavy atom. The van der Waals surface area contributed by atoms with E-state index in [-0.39, 0.29) is 11.6 Å². The molecule has 3 rings (SSSR count). The zero-order valence-corrected chi connectivity index (χ0v) is 17.0. The molecule has 0 radical (unpaired) electrons. The van der Waals surface area contributed by atoms with Gasteiger partial charge >= 0.3 is 0 Å². The molecule has 0 aliphatic carbocycles. The van der Waals surface area contributed by atoms with Crippen molar-refractivity contribution >= 4 is 45.8 Å². The smallest absolute Gasteiger partial charge is 0.279 e. The molecular weight excluding hydrogens is 415 g/mol. The number of fused-ring (bicyclic) bond motifs is 1. The van der Waals surface area contributed by atoms with Crippen molar-refractivity contribution in [3.05, 3.63) is 70.7 Å². The minimum atomic E-state index is -0.817. The molecule has 6 nitrogen and oxygen atoms in total. The number of rotatable bonds is 6. The second-order valence-electron chi connectivity index (χ2n) is 6.17. The number of hydrogen-bond donors (Lipinski definition) is 2. The van der Waals surface area contributed by atoms with Crippen LogP contribution in [0.25, 0.3) is 10.8 Å². The number of carbonyl (C=O) groups is 2. The van der Waals surface area contributed by atoms with Gasteiger partial charge in [0.25, 0.3) is 11.8 Å². The van der Waals surface area contributed by atoms with Crippen LogP contribution in [0.2, 0.25) is 10.0 Å². The van der Waals surface area contributed by atoms with Crippen LogP contribution in [0.15, 0.2) is 60.7 Å². The average molecular weight is 433 g/mol. The van der Waals surface area contributed by atoms with Gasteiger partial charge in [0.05, 0.1) is 5.02 Å². The van der Waals surface area contributed by atoms with Crippen molar-refractivity contribution in [1.82, 2.24) is 10.9 Å². The molecule has 8 heteroatoms. The number of benzene rings is 3. The molecule has 0 saturated carbocycles. The van der Waals surface area contributed by atoms with Gasteiger partial charge in [0, 0.05) is 5.02 Å². The SMILES string of the molecule is CC(Oc1ccc2ccccc2c1)C(=O)NNC(=O)COc1ccc(Cl)cc1Cl. The summed E-state index contributed by atoms with van der Waals surface area (Å²) >= 11 is 11.8. The van der Waals surface area contributed by atoms with Gasteiger partial charge in [-0.2, -0.15) is 0 Å². The molecule has 0 saturated heterocycles. The van der Waals surface area contributed by atoms with E-state index in [0.29, 0.717) is 16.5 Å². The molecule has 0 heterocycles. The molecular formula is C21H18Cl2N2O4. The highest BCUT2D eigenvalue weighted by Crippen LogP contribution is 2.27. The average Bonchev–Trinajstić information content (AvgIpc) is 2.71. The lowest BCUT2D eigenvalue weighted by Crippen LogP contribution is -2.48. The molecule has 29 heavy (non-hydrogen) atoms. The third-order valence-electron chi connectivity index (χ3n) is 3.98. The van der Waals surface area contributed by atoms with Crippen LogP contribution in [0.5, 0.6) is 11.5 Å². The van der Waals surface area contributed by atoms with Gasteiger partial charge in [0.15, 0.2) is 12.7 Å². The van der Waals surface area contributed by atoms with Crippen molar-refractivity contribution in [3.8, 4) is 11.5 Å². The van der Waals surface area contributed by atoms with Gasteiger partial charge in [-0.15, -0.1) is 0 Å². The Hall–Kier alpha value is -2.96. The highest BCUT2D eigenvalue weighted by molar-refractivity contribution is 6.35. The summed E-state index contributed by atoms with van der Waals surface area (Å²) in [4.78, 5) is 24.0. The van der Waals surface area contributed by atoms with Crippen molar-refractivity contribution in [3.63, 3.8) is 0 Å². The Morgan fingerprint density at radius 3 is 2.48 bits per heavy atom. The van der Waals surface area contributed by atoms with E-state index in [1.165, 1.54) is 6.07 Å². The molecule has 3 aromatic carbocycles. The molecule has 0 aliphatic rings. The maximum Gasteiger partial charge on any atom is 0.279 e. The molecule has 1 unspecified atom stereocenters. The maximum atomic E-state index is 12.2. The first-order valence-corrected chi connectivity index (χ1v) is 9.50. The summed E-state index contributed by atoms with van der Waals surface area (Å²) in [5, 5.41) is 2.82. The molecule has 1 atom stereocenters. The molecule has 0 spiro atoms. The third kappa shape index (κ3) is 5.76. The van der Waals surface area contributed by atoms with E-state index in [9.17, 15) is 9.59 Å². The van der Waals surface area contributed by atoms with Gasteiger partial charge in [0.2, 0.25) is 0 Å². The number of hydrazine groups is 1. The van der Waals surface area contributed by atoms with Gasteiger partial charge in [-0.25, -0.2) is 0 Å². The van der Waals surface area contributed by atoms with E-state index < -0.39 is 17.9 Å². The summed E-state index contributed by atoms with van der Waals surface area (Å²) in [6, 6.07) is 18.0. The molecule has 3 aromatic rings. The lowest BCUT2D eigenvalue weighted by molar-refractivity contribution is -0.133.